The van der Waals surface area contributed by atoms with Gasteiger partial charge < -0.3 is 10.6 Å². The lowest BCUT2D eigenvalue weighted by molar-refractivity contribution is 0.220. The standard InChI is InChI=1S/C14H23N3O2S/c1-17-8-6-12(7-9-17)11-16-20(18,19)14-5-3-2-4-13(14)10-15/h2-5,12,16H,6-11,15H2,1H3. The second-order valence-electron chi connectivity index (χ2n) is 5.41. The Balaban J connectivity index is 2.00. The van der Waals surface area contributed by atoms with Crippen LogP contribution in [0.5, 0.6) is 0 Å². The van der Waals surface area contributed by atoms with Crippen molar-refractivity contribution in [1.82, 2.24) is 9.62 Å². The van der Waals surface area contributed by atoms with E-state index in [-0.39, 0.29) is 6.54 Å². The van der Waals surface area contributed by atoms with Gasteiger partial charge in [0, 0.05) is 13.1 Å². The number of benzene rings is 1. The van der Waals surface area contributed by atoms with Crippen molar-refractivity contribution in [2.75, 3.05) is 26.7 Å². The first-order valence-electron chi connectivity index (χ1n) is 6.99. The zero-order valence-electron chi connectivity index (χ0n) is 11.9. The maximum absolute atomic E-state index is 12.3. The summed E-state index contributed by atoms with van der Waals surface area (Å²) in [7, 11) is -1.36. The predicted molar refractivity (Wildman–Crippen MR) is 79.7 cm³/mol. The van der Waals surface area contributed by atoms with Crippen LogP contribution >= 0.6 is 0 Å². The van der Waals surface area contributed by atoms with Gasteiger partial charge in [-0.05, 0) is 50.5 Å². The molecule has 1 aromatic carbocycles. The van der Waals surface area contributed by atoms with Crippen molar-refractivity contribution >= 4 is 10.0 Å². The summed E-state index contributed by atoms with van der Waals surface area (Å²) in [5.74, 6) is 0.422. The molecule has 1 fully saturated rings. The lowest BCUT2D eigenvalue weighted by atomic mass is 9.98. The largest absolute Gasteiger partial charge is 0.326 e. The first kappa shape index (κ1) is 15.4. The Labute approximate surface area is 121 Å². The van der Waals surface area contributed by atoms with E-state index in [9.17, 15) is 8.42 Å². The van der Waals surface area contributed by atoms with Gasteiger partial charge in [-0.2, -0.15) is 0 Å². The smallest absolute Gasteiger partial charge is 0.240 e. The Bertz CT molecular complexity index is 537. The average molecular weight is 297 g/mol. The molecule has 0 aliphatic carbocycles. The van der Waals surface area contributed by atoms with Crippen molar-refractivity contribution in [2.24, 2.45) is 11.7 Å². The van der Waals surface area contributed by atoms with Crippen LogP contribution in [0.25, 0.3) is 0 Å². The minimum atomic E-state index is -3.46. The molecule has 3 N–H and O–H groups in total. The Morgan fingerprint density at radius 2 is 1.95 bits per heavy atom. The van der Waals surface area contributed by atoms with Crippen LogP contribution in [0.15, 0.2) is 29.2 Å². The van der Waals surface area contributed by atoms with Crippen LogP contribution in [0.2, 0.25) is 0 Å². The summed E-state index contributed by atoms with van der Waals surface area (Å²) in [4.78, 5) is 2.57. The molecule has 0 amide bonds. The molecule has 1 aromatic rings. The van der Waals surface area contributed by atoms with E-state index in [0.29, 0.717) is 22.9 Å². The van der Waals surface area contributed by atoms with Gasteiger partial charge in [-0.15, -0.1) is 0 Å². The van der Waals surface area contributed by atoms with E-state index >= 15 is 0 Å². The first-order valence-corrected chi connectivity index (χ1v) is 8.47. The van der Waals surface area contributed by atoms with E-state index in [0.717, 1.165) is 25.9 Å². The SMILES string of the molecule is CN1CCC(CNS(=O)(=O)c2ccccc2CN)CC1. The summed E-state index contributed by atoms with van der Waals surface area (Å²) in [5.41, 5.74) is 6.26. The van der Waals surface area contributed by atoms with Crippen LogP contribution in [0.1, 0.15) is 18.4 Å². The molecule has 0 unspecified atom stereocenters. The van der Waals surface area contributed by atoms with Gasteiger partial charge in [0.15, 0.2) is 0 Å². The van der Waals surface area contributed by atoms with Crippen LogP contribution in [-0.4, -0.2) is 40.0 Å². The molecule has 2 rings (SSSR count). The topological polar surface area (TPSA) is 75.4 Å². The summed E-state index contributed by atoms with van der Waals surface area (Å²) < 4.78 is 27.4. The molecule has 0 spiro atoms. The van der Waals surface area contributed by atoms with Gasteiger partial charge in [0.2, 0.25) is 10.0 Å². The van der Waals surface area contributed by atoms with Gasteiger partial charge in [0.1, 0.15) is 0 Å². The third kappa shape index (κ3) is 3.79. The Morgan fingerprint density at radius 1 is 1.30 bits per heavy atom. The summed E-state index contributed by atoms with van der Waals surface area (Å²) in [6, 6.07) is 6.89. The van der Waals surface area contributed by atoms with Gasteiger partial charge in [-0.1, -0.05) is 18.2 Å². The first-order chi connectivity index (χ1) is 9.53. The van der Waals surface area contributed by atoms with Gasteiger partial charge >= 0.3 is 0 Å². The molecule has 1 aliphatic heterocycles. The molecular weight excluding hydrogens is 274 g/mol. The number of likely N-dealkylation sites (tertiary alicyclic amines) is 1. The lowest BCUT2D eigenvalue weighted by Crippen LogP contribution is -2.37. The molecule has 1 saturated heterocycles. The van der Waals surface area contributed by atoms with E-state index in [1.807, 2.05) is 0 Å². The van der Waals surface area contributed by atoms with Crippen LogP contribution in [0.3, 0.4) is 0 Å². The molecule has 0 atom stereocenters. The second kappa shape index (κ2) is 6.67. The minimum absolute atomic E-state index is 0.227. The maximum atomic E-state index is 12.3. The molecule has 0 aromatic heterocycles. The molecular formula is C14H23N3O2S. The van der Waals surface area contributed by atoms with E-state index < -0.39 is 10.0 Å². The number of nitrogens with two attached hydrogens (primary N) is 1. The number of sulfonamides is 1. The van der Waals surface area contributed by atoms with Crippen molar-refractivity contribution in [2.45, 2.75) is 24.3 Å². The summed E-state index contributed by atoms with van der Waals surface area (Å²) in [5, 5.41) is 0. The van der Waals surface area contributed by atoms with Gasteiger partial charge in [0.25, 0.3) is 0 Å². The zero-order chi connectivity index (χ0) is 14.6. The highest BCUT2D eigenvalue weighted by molar-refractivity contribution is 7.89. The van der Waals surface area contributed by atoms with Gasteiger partial charge in [-0.25, -0.2) is 13.1 Å². The molecule has 0 saturated carbocycles. The third-order valence-corrected chi connectivity index (χ3v) is 5.41. The molecule has 20 heavy (non-hydrogen) atoms. The fourth-order valence-electron chi connectivity index (χ4n) is 2.51. The predicted octanol–water partition coefficient (Wildman–Crippen LogP) is 0.765. The Kier molecular flexibility index (Phi) is 5.15. The molecule has 5 nitrogen and oxygen atoms in total. The Morgan fingerprint density at radius 3 is 2.60 bits per heavy atom. The second-order valence-corrected chi connectivity index (χ2v) is 7.15. The maximum Gasteiger partial charge on any atom is 0.240 e. The molecule has 1 aliphatic rings. The third-order valence-electron chi connectivity index (χ3n) is 3.88. The summed E-state index contributed by atoms with van der Waals surface area (Å²) in [6.07, 6.45) is 2.08. The molecule has 112 valence electrons. The molecule has 0 bridgehead atoms. The number of rotatable bonds is 5. The normalized spacial score (nSPS) is 18.3. The summed E-state index contributed by atoms with van der Waals surface area (Å²) >= 11 is 0. The van der Waals surface area contributed by atoms with Gasteiger partial charge in [-0.3, -0.25) is 0 Å². The number of hydrogen-bond donors (Lipinski definition) is 2. The minimum Gasteiger partial charge on any atom is -0.326 e. The monoisotopic (exact) mass is 297 g/mol. The van der Waals surface area contributed by atoms with E-state index in [1.165, 1.54) is 0 Å². The van der Waals surface area contributed by atoms with Crippen molar-refractivity contribution in [3.63, 3.8) is 0 Å². The molecule has 0 radical (unpaired) electrons. The highest BCUT2D eigenvalue weighted by Gasteiger charge is 2.21. The van der Waals surface area contributed by atoms with Crippen LogP contribution < -0.4 is 10.5 Å². The van der Waals surface area contributed by atoms with Crippen LogP contribution in [0, 0.1) is 5.92 Å². The molecule has 1 heterocycles. The highest BCUT2D eigenvalue weighted by atomic mass is 32.2. The van der Waals surface area contributed by atoms with E-state index in [4.69, 9.17) is 5.73 Å². The van der Waals surface area contributed by atoms with Crippen molar-refractivity contribution in [3.8, 4) is 0 Å². The van der Waals surface area contributed by atoms with Crippen LogP contribution in [-0.2, 0) is 16.6 Å². The fourth-order valence-corrected chi connectivity index (χ4v) is 3.87. The van der Waals surface area contributed by atoms with E-state index in [2.05, 4.69) is 16.7 Å². The average Bonchev–Trinajstić information content (AvgIpc) is 2.46. The highest BCUT2D eigenvalue weighted by Crippen LogP contribution is 2.18. The quantitative estimate of drug-likeness (QED) is 0.841. The number of nitrogens with zero attached hydrogens (tertiary/aromatic N) is 1. The summed E-state index contributed by atoms with van der Waals surface area (Å²) in [6.45, 7) is 2.80. The lowest BCUT2D eigenvalue weighted by Gasteiger charge is -2.28. The number of nitrogens with one attached hydrogen (secondary N) is 1. The van der Waals surface area contributed by atoms with Crippen molar-refractivity contribution in [1.29, 1.82) is 0 Å². The van der Waals surface area contributed by atoms with E-state index in [1.54, 1.807) is 24.3 Å². The zero-order valence-corrected chi connectivity index (χ0v) is 12.7. The molecule has 6 heteroatoms. The van der Waals surface area contributed by atoms with Gasteiger partial charge in [0.05, 0.1) is 4.90 Å². The fraction of sp³-hybridized carbons (Fsp3) is 0.571. The Hall–Kier alpha value is -0.950. The number of hydrogen-bond acceptors (Lipinski definition) is 4. The van der Waals surface area contributed by atoms with Crippen LogP contribution in [0.4, 0.5) is 0 Å². The van der Waals surface area contributed by atoms with Crippen molar-refractivity contribution in [3.05, 3.63) is 29.8 Å². The van der Waals surface area contributed by atoms with Crippen molar-refractivity contribution < 1.29 is 8.42 Å². The number of piperidine rings is 1.